The summed E-state index contributed by atoms with van der Waals surface area (Å²) in [5, 5.41) is 20.4. The quantitative estimate of drug-likeness (QED) is 0.246. The Hall–Kier alpha value is -4.92. The van der Waals surface area contributed by atoms with E-state index in [-0.39, 0.29) is 23.1 Å². The molecule has 0 aliphatic carbocycles. The van der Waals surface area contributed by atoms with Crippen molar-refractivity contribution in [1.29, 1.82) is 0 Å². The molecule has 9 heteroatoms. The van der Waals surface area contributed by atoms with Crippen molar-refractivity contribution in [2.45, 2.75) is 45.6 Å². The lowest BCUT2D eigenvalue weighted by Gasteiger charge is -2.22. The van der Waals surface area contributed by atoms with Gasteiger partial charge in [0.1, 0.15) is 11.6 Å². The first-order valence-electron chi connectivity index (χ1n) is 13.3. The van der Waals surface area contributed by atoms with Crippen LogP contribution in [0.1, 0.15) is 59.6 Å². The number of methoxy groups -OCH3 is 1. The van der Waals surface area contributed by atoms with Gasteiger partial charge < -0.3 is 20.5 Å². The van der Waals surface area contributed by atoms with Crippen LogP contribution >= 0.6 is 0 Å². The first-order chi connectivity index (χ1) is 19.5. The molecule has 2 amide bonds. The molecule has 1 atom stereocenters. The van der Waals surface area contributed by atoms with Crippen LogP contribution in [0.5, 0.6) is 11.5 Å². The van der Waals surface area contributed by atoms with Crippen molar-refractivity contribution in [1.82, 2.24) is 9.78 Å². The number of aromatic nitrogens is 2. The monoisotopic (exact) mass is 551 g/mol. The fraction of sp³-hybridized carbons (Fsp3) is 0.250. The summed E-state index contributed by atoms with van der Waals surface area (Å²) in [6, 6.07) is 20.3. The van der Waals surface area contributed by atoms with Crippen LogP contribution in [0.2, 0.25) is 0 Å². The summed E-state index contributed by atoms with van der Waals surface area (Å²) in [6.07, 6.45) is 2.25. The molecule has 0 bridgehead atoms. The maximum absolute atomic E-state index is 13.0. The number of aromatic hydroxyl groups is 1. The molecule has 3 aromatic carbocycles. The van der Waals surface area contributed by atoms with Gasteiger partial charge in [-0.05, 0) is 87.2 Å². The highest BCUT2D eigenvalue weighted by Crippen LogP contribution is 2.34. The lowest BCUT2D eigenvalue weighted by Crippen LogP contribution is -2.29. The molecule has 0 spiro atoms. The minimum atomic E-state index is -0.544. The third-order valence-electron chi connectivity index (χ3n) is 6.85. The first-order valence-corrected chi connectivity index (χ1v) is 13.3. The van der Waals surface area contributed by atoms with Crippen molar-refractivity contribution >= 4 is 35.1 Å². The van der Waals surface area contributed by atoms with Crippen molar-refractivity contribution < 1.29 is 19.4 Å². The number of phenols is 1. The third kappa shape index (κ3) is 5.99. The van der Waals surface area contributed by atoms with E-state index in [0.29, 0.717) is 29.2 Å². The fourth-order valence-corrected chi connectivity index (χ4v) is 4.82. The van der Waals surface area contributed by atoms with Crippen molar-refractivity contribution in [2.75, 3.05) is 17.7 Å². The molecule has 0 saturated heterocycles. The second-order valence-corrected chi connectivity index (χ2v) is 11.1. The van der Waals surface area contributed by atoms with Gasteiger partial charge in [0.05, 0.1) is 24.0 Å². The molecule has 1 aromatic heterocycles. The number of aryl methyl sites for hydroxylation is 1. The van der Waals surface area contributed by atoms with Gasteiger partial charge in [-0.1, -0.05) is 24.3 Å². The number of carbonyl (C=O) groups is 2. The number of phenolic OH excluding ortho intramolecular Hbond substituents is 1. The highest BCUT2D eigenvalue weighted by atomic mass is 16.5. The Bertz CT molecular complexity index is 1650. The molecule has 5 rings (SSSR count). The van der Waals surface area contributed by atoms with E-state index in [1.807, 2.05) is 70.2 Å². The zero-order valence-corrected chi connectivity index (χ0v) is 23.7. The van der Waals surface area contributed by atoms with Crippen molar-refractivity contribution in [3.8, 4) is 11.5 Å². The lowest BCUT2D eigenvalue weighted by atomic mass is 9.96. The smallest absolute Gasteiger partial charge is 0.273 e. The topological polar surface area (TPSA) is 118 Å². The number of ether oxygens (including phenoxy) is 1. The Morgan fingerprint density at radius 2 is 1.83 bits per heavy atom. The number of amides is 2. The highest BCUT2D eigenvalue weighted by molar-refractivity contribution is 6.12. The summed E-state index contributed by atoms with van der Waals surface area (Å²) < 4.78 is 6.82. The minimum absolute atomic E-state index is 0.0158. The van der Waals surface area contributed by atoms with Gasteiger partial charge in [-0.3, -0.25) is 19.3 Å². The summed E-state index contributed by atoms with van der Waals surface area (Å²) in [4.78, 5) is 30.1. The second-order valence-electron chi connectivity index (χ2n) is 11.1. The molecular formula is C32H33N5O4. The number of hydrogen-bond acceptors (Lipinski definition) is 6. The van der Waals surface area contributed by atoms with E-state index in [2.05, 4.69) is 20.7 Å². The number of anilines is 2. The number of rotatable bonds is 7. The van der Waals surface area contributed by atoms with Crippen molar-refractivity contribution in [3.05, 3.63) is 94.8 Å². The Morgan fingerprint density at radius 3 is 2.51 bits per heavy atom. The molecule has 1 unspecified atom stereocenters. The van der Waals surface area contributed by atoms with Crippen LogP contribution in [0.3, 0.4) is 0 Å². The van der Waals surface area contributed by atoms with Gasteiger partial charge in [0.25, 0.3) is 5.91 Å². The van der Waals surface area contributed by atoms with E-state index in [0.717, 1.165) is 28.1 Å². The summed E-state index contributed by atoms with van der Waals surface area (Å²) in [7, 11) is 1.48. The number of fused-ring (bicyclic) bond motifs is 1. The Balaban J connectivity index is 1.28. The SMILES string of the molecule is COc1ccc(N=CC2C(=O)Nc3ccc(Cc4ccc(NC(=O)c5cc(C)nn5C(C)(C)C)cc4)cc32)cc1O. The first kappa shape index (κ1) is 27.6. The lowest BCUT2D eigenvalue weighted by molar-refractivity contribution is -0.115. The van der Waals surface area contributed by atoms with Crippen molar-refractivity contribution in [3.63, 3.8) is 0 Å². The van der Waals surface area contributed by atoms with E-state index in [1.165, 1.54) is 13.2 Å². The molecule has 0 fully saturated rings. The van der Waals surface area contributed by atoms with Gasteiger partial charge in [-0.2, -0.15) is 5.10 Å². The van der Waals surface area contributed by atoms with Crippen LogP contribution in [-0.4, -0.2) is 40.0 Å². The third-order valence-corrected chi connectivity index (χ3v) is 6.85. The molecular weight excluding hydrogens is 518 g/mol. The van der Waals surface area contributed by atoms with Gasteiger partial charge in [0.15, 0.2) is 11.5 Å². The van der Waals surface area contributed by atoms with Crippen LogP contribution in [0, 0.1) is 6.92 Å². The molecule has 0 saturated carbocycles. The van der Waals surface area contributed by atoms with E-state index >= 15 is 0 Å². The average molecular weight is 552 g/mol. The number of nitrogens with one attached hydrogen (secondary N) is 2. The van der Waals surface area contributed by atoms with Crippen molar-refractivity contribution in [2.24, 2.45) is 4.99 Å². The summed E-state index contributed by atoms with van der Waals surface area (Å²) >= 11 is 0. The van der Waals surface area contributed by atoms with E-state index in [1.54, 1.807) is 29.1 Å². The van der Waals surface area contributed by atoms with Crippen LogP contribution in [0.4, 0.5) is 17.1 Å². The molecule has 41 heavy (non-hydrogen) atoms. The zero-order valence-electron chi connectivity index (χ0n) is 23.7. The van der Waals surface area contributed by atoms with Crippen LogP contribution in [-0.2, 0) is 16.8 Å². The number of nitrogens with zero attached hydrogens (tertiary/aromatic N) is 3. The predicted molar refractivity (Wildman–Crippen MR) is 160 cm³/mol. The maximum Gasteiger partial charge on any atom is 0.273 e. The van der Waals surface area contributed by atoms with Gasteiger partial charge in [-0.25, -0.2) is 0 Å². The zero-order chi connectivity index (χ0) is 29.3. The normalized spacial score (nSPS) is 14.7. The number of benzene rings is 3. The molecule has 0 radical (unpaired) electrons. The summed E-state index contributed by atoms with van der Waals surface area (Å²) in [5.41, 5.74) is 5.93. The molecule has 1 aliphatic rings. The molecule has 4 aromatic rings. The standard InChI is InChI=1S/C32H33N5O4/c1-19-14-27(37(36-19)32(2,3)4)31(40)34-22-9-6-20(7-10-22)15-21-8-12-26-24(16-21)25(30(39)35-26)18-33-23-11-13-29(41-5)28(38)17-23/h6-14,16-18,25,38H,15H2,1-5H3,(H,34,40)(H,35,39). The van der Waals surface area contributed by atoms with E-state index in [4.69, 9.17) is 4.74 Å². The molecule has 9 nitrogen and oxygen atoms in total. The Morgan fingerprint density at radius 1 is 1.10 bits per heavy atom. The van der Waals surface area contributed by atoms with E-state index < -0.39 is 5.92 Å². The molecule has 210 valence electrons. The summed E-state index contributed by atoms with van der Waals surface area (Å²) in [5.74, 6) is -0.561. The average Bonchev–Trinajstić information content (AvgIpc) is 3.48. The van der Waals surface area contributed by atoms with Gasteiger partial charge in [-0.15, -0.1) is 0 Å². The minimum Gasteiger partial charge on any atom is -0.504 e. The largest absolute Gasteiger partial charge is 0.504 e. The van der Waals surface area contributed by atoms with E-state index in [9.17, 15) is 14.7 Å². The molecule has 1 aliphatic heterocycles. The molecule has 2 heterocycles. The Kier molecular flexibility index (Phi) is 7.36. The number of carbonyl (C=O) groups excluding carboxylic acids is 2. The fourth-order valence-electron chi connectivity index (χ4n) is 4.82. The van der Waals surface area contributed by atoms with Crippen LogP contribution < -0.4 is 15.4 Å². The van der Waals surface area contributed by atoms with Crippen LogP contribution in [0.25, 0.3) is 0 Å². The highest BCUT2D eigenvalue weighted by Gasteiger charge is 2.29. The predicted octanol–water partition coefficient (Wildman–Crippen LogP) is 5.94. The summed E-state index contributed by atoms with van der Waals surface area (Å²) in [6.45, 7) is 7.91. The van der Waals surface area contributed by atoms with Gasteiger partial charge >= 0.3 is 0 Å². The van der Waals surface area contributed by atoms with Crippen LogP contribution in [0.15, 0.2) is 71.7 Å². The number of hydrogen-bond donors (Lipinski definition) is 3. The Labute approximate surface area is 238 Å². The maximum atomic E-state index is 13.0. The number of aliphatic imine (C=N–C) groups is 1. The van der Waals surface area contributed by atoms with Gasteiger partial charge in [0.2, 0.25) is 5.91 Å². The van der Waals surface area contributed by atoms with Gasteiger partial charge in [0, 0.05) is 23.7 Å². The molecule has 3 N–H and O–H groups in total. The second kappa shape index (κ2) is 10.9.